The Labute approximate surface area is 125 Å². The lowest BCUT2D eigenvalue weighted by Crippen LogP contribution is -2.18. The molecule has 1 aromatic carbocycles. The first-order chi connectivity index (χ1) is 9.47. The predicted octanol–water partition coefficient (Wildman–Crippen LogP) is 3.86. The molecule has 0 radical (unpaired) electrons. The van der Waals surface area contributed by atoms with Gasteiger partial charge in [0.25, 0.3) is 5.69 Å². The number of aryl methyl sites for hydroxylation is 1. The average molecular weight is 312 g/mol. The van der Waals surface area contributed by atoms with Gasteiger partial charge in [0, 0.05) is 34.8 Å². The van der Waals surface area contributed by atoms with Crippen LogP contribution in [-0.2, 0) is 6.54 Å². The van der Waals surface area contributed by atoms with E-state index in [1.807, 2.05) is 20.0 Å². The molecule has 2 aromatic rings. The predicted molar refractivity (Wildman–Crippen MR) is 80.2 cm³/mol. The number of hydrogen-bond acceptors (Lipinski definition) is 5. The molecule has 0 amide bonds. The lowest BCUT2D eigenvalue weighted by molar-refractivity contribution is -0.384. The second-order valence-electron chi connectivity index (χ2n) is 4.44. The third-order valence-corrected chi connectivity index (χ3v) is 4.31. The molecule has 0 fully saturated rings. The van der Waals surface area contributed by atoms with Crippen LogP contribution in [0.15, 0.2) is 24.4 Å². The van der Waals surface area contributed by atoms with Gasteiger partial charge in [-0.3, -0.25) is 10.1 Å². The van der Waals surface area contributed by atoms with Crippen LogP contribution in [0.5, 0.6) is 0 Å². The molecule has 0 saturated carbocycles. The van der Waals surface area contributed by atoms with Crippen LogP contribution in [0.3, 0.4) is 0 Å². The quantitative estimate of drug-likeness (QED) is 0.672. The van der Waals surface area contributed by atoms with Gasteiger partial charge in [0.05, 0.1) is 11.0 Å². The number of nitro groups is 1. The van der Waals surface area contributed by atoms with E-state index in [4.69, 9.17) is 11.6 Å². The van der Waals surface area contributed by atoms with Crippen molar-refractivity contribution < 1.29 is 4.92 Å². The first kappa shape index (κ1) is 14.9. The minimum Gasteiger partial charge on any atom is -0.304 e. The lowest BCUT2D eigenvalue weighted by Gasteiger charge is -2.12. The molecule has 0 saturated heterocycles. The molecule has 1 heterocycles. The smallest absolute Gasteiger partial charge is 0.269 e. The van der Waals surface area contributed by atoms with Gasteiger partial charge in [-0.2, -0.15) is 0 Å². The fourth-order valence-electron chi connectivity index (χ4n) is 1.73. The van der Waals surface area contributed by atoms with Crippen molar-refractivity contribution in [3.8, 4) is 0 Å². The van der Waals surface area contributed by atoms with E-state index in [0.29, 0.717) is 17.1 Å². The highest BCUT2D eigenvalue weighted by Crippen LogP contribution is 2.24. The molecule has 0 bridgehead atoms. The van der Waals surface area contributed by atoms with E-state index < -0.39 is 4.92 Å². The number of thiazole rings is 1. The largest absolute Gasteiger partial charge is 0.304 e. The van der Waals surface area contributed by atoms with Gasteiger partial charge >= 0.3 is 0 Å². The molecule has 0 aliphatic carbocycles. The van der Waals surface area contributed by atoms with Gasteiger partial charge in [-0.1, -0.05) is 11.6 Å². The van der Waals surface area contributed by atoms with E-state index in [2.05, 4.69) is 10.3 Å². The molecule has 0 aliphatic heterocycles. The molecule has 106 valence electrons. The topological polar surface area (TPSA) is 68.1 Å². The zero-order valence-electron chi connectivity index (χ0n) is 11.1. The van der Waals surface area contributed by atoms with Crippen molar-refractivity contribution in [2.45, 2.75) is 26.4 Å². The van der Waals surface area contributed by atoms with Gasteiger partial charge < -0.3 is 5.32 Å². The van der Waals surface area contributed by atoms with E-state index in [9.17, 15) is 10.1 Å². The van der Waals surface area contributed by atoms with Crippen LogP contribution in [0.4, 0.5) is 5.69 Å². The summed E-state index contributed by atoms with van der Waals surface area (Å²) < 4.78 is 0. The SMILES string of the molecule is Cc1cnc(C(C)NCc2cc([N+](=O)[O-])ccc2Cl)s1. The summed E-state index contributed by atoms with van der Waals surface area (Å²) in [5, 5.41) is 15.5. The molecular weight excluding hydrogens is 298 g/mol. The van der Waals surface area contributed by atoms with Crippen LogP contribution < -0.4 is 5.32 Å². The maximum atomic E-state index is 10.8. The number of nitro benzene ring substituents is 1. The number of hydrogen-bond donors (Lipinski definition) is 1. The number of aromatic nitrogens is 1. The summed E-state index contributed by atoms with van der Waals surface area (Å²) in [6.07, 6.45) is 1.83. The molecule has 2 rings (SSSR count). The third-order valence-electron chi connectivity index (χ3n) is 2.85. The molecule has 1 aromatic heterocycles. The summed E-state index contributed by atoms with van der Waals surface area (Å²) >= 11 is 7.69. The van der Waals surface area contributed by atoms with E-state index in [1.165, 1.54) is 12.1 Å². The summed E-state index contributed by atoms with van der Waals surface area (Å²) in [5.41, 5.74) is 0.755. The van der Waals surface area contributed by atoms with Crippen molar-refractivity contribution in [1.82, 2.24) is 10.3 Å². The van der Waals surface area contributed by atoms with Gasteiger partial charge in [0.2, 0.25) is 0 Å². The second-order valence-corrected chi connectivity index (χ2v) is 6.12. The Morgan fingerprint density at radius 2 is 2.30 bits per heavy atom. The Bertz CT molecular complexity index is 630. The number of nitrogens with one attached hydrogen (secondary N) is 1. The Balaban J connectivity index is 2.06. The number of nitrogens with zero attached hydrogens (tertiary/aromatic N) is 2. The van der Waals surface area contributed by atoms with Crippen LogP contribution in [0.25, 0.3) is 0 Å². The minimum atomic E-state index is -0.423. The molecule has 1 atom stereocenters. The first-order valence-corrected chi connectivity index (χ1v) is 7.25. The minimum absolute atomic E-state index is 0.0453. The molecule has 1 unspecified atom stereocenters. The molecule has 20 heavy (non-hydrogen) atoms. The van der Waals surface area contributed by atoms with Crippen LogP contribution in [-0.4, -0.2) is 9.91 Å². The first-order valence-electron chi connectivity index (χ1n) is 6.06. The molecule has 0 spiro atoms. The van der Waals surface area contributed by atoms with E-state index in [0.717, 1.165) is 9.88 Å². The van der Waals surface area contributed by atoms with Crippen molar-refractivity contribution in [2.75, 3.05) is 0 Å². The molecule has 7 heteroatoms. The maximum Gasteiger partial charge on any atom is 0.269 e. The maximum absolute atomic E-state index is 10.8. The highest BCUT2D eigenvalue weighted by atomic mass is 35.5. The second kappa shape index (κ2) is 6.30. The monoisotopic (exact) mass is 311 g/mol. The zero-order valence-corrected chi connectivity index (χ0v) is 12.7. The third kappa shape index (κ3) is 3.53. The van der Waals surface area contributed by atoms with Crippen LogP contribution in [0, 0.1) is 17.0 Å². The molecule has 0 aliphatic rings. The van der Waals surface area contributed by atoms with Crippen molar-refractivity contribution >= 4 is 28.6 Å². The lowest BCUT2D eigenvalue weighted by atomic mass is 10.2. The molecule has 5 nitrogen and oxygen atoms in total. The van der Waals surface area contributed by atoms with E-state index in [-0.39, 0.29) is 11.7 Å². The van der Waals surface area contributed by atoms with Crippen molar-refractivity contribution in [3.63, 3.8) is 0 Å². The van der Waals surface area contributed by atoms with Crippen molar-refractivity contribution in [1.29, 1.82) is 0 Å². The Morgan fingerprint density at radius 1 is 1.55 bits per heavy atom. The molecular formula is C13H14ClN3O2S. The number of halogens is 1. The number of non-ortho nitro benzene ring substituents is 1. The summed E-state index contributed by atoms with van der Waals surface area (Å²) in [7, 11) is 0. The summed E-state index contributed by atoms with van der Waals surface area (Å²) in [5.74, 6) is 0. The van der Waals surface area contributed by atoms with Gasteiger partial charge in [0.1, 0.15) is 5.01 Å². The summed E-state index contributed by atoms with van der Waals surface area (Å²) in [6, 6.07) is 4.52. The number of benzene rings is 1. The van der Waals surface area contributed by atoms with Crippen LogP contribution >= 0.6 is 22.9 Å². The Hall–Kier alpha value is -1.50. The van der Waals surface area contributed by atoms with Gasteiger partial charge in [0.15, 0.2) is 0 Å². The summed E-state index contributed by atoms with van der Waals surface area (Å²) in [6.45, 7) is 4.47. The fraction of sp³-hybridized carbons (Fsp3) is 0.308. The standard InChI is InChI=1S/C13H14ClN3O2S/c1-8-6-16-13(20-8)9(2)15-7-10-5-11(17(18)19)3-4-12(10)14/h3-6,9,15H,7H2,1-2H3. The van der Waals surface area contributed by atoms with E-state index in [1.54, 1.807) is 17.4 Å². The van der Waals surface area contributed by atoms with Crippen LogP contribution in [0.1, 0.15) is 28.4 Å². The van der Waals surface area contributed by atoms with E-state index >= 15 is 0 Å². The van der Waals surface area contributed by atoms with Gasteiger partial charge in [-0.05, 0) is 25.5 Å². The average Bonchev–Trinajstić information content (AvgIpc) is 2.84. The van der Waals surface area contributed by atoms with Crippen LogP contribution in [0.2, 0.25) is 5.02 Å². The number of rotatable bonds is 5. The van der Waals surface area contributed by atoms with Crippen molar-refractivity contribution in [3.05, 3.63) is 55.0 Å². The Kier molecular flexibility index (Phi) is 4.69. The van der Waals surface area contributed by atoms with Gasteiger partial charge in [-0.25, -0.2) is 4.98 Å². The molecule has 1 N–H and O–H groups in total. The fourth-order valence-corrected chi connectivity index (χ4v) is 2.72. The normalized spacial score (nSPS) is 12.3. The van der Waals surface area contributed by atoms with Crippen molar-refractivity contribution in [2.24, 2.45) is 0 Å². The van der Waals surface area contributed by atoms with Gasteiger partial charge in [-0.15, -0.1) is 11.3 Å². The highest BCUT2D eigenvalue weighted by Gasteiger charge is 2.12. The summed E-state index contributed by atoms with van der Waals surface area (Å²) in [4.78, 5) is 15.8. The zero-order chi connectivity index (χ0) is 14.7. The Morgan fingerprint density at radius 3 is 2.90 bits per heavy atom. The highest BCUT2D eigenvalue weighted by molar-refractivity contribution is 7.11.